The van der Waals surface area contributed by atoms with Crippen molar-refractivity contribution in [2.75, 3.05) is 0 Å². The first-order valence-corrected chi connectivity index (χ1v) is 7.09. The second kappa shape index (κ2) is 4.86. The molecular weight excluding hydrogens is 248 g/mol. The van der Waals surface area contributed by atoms with E-state index in [9.17, 15) is 5.11 Å². The fraction of sp³-hybridized carbons (Fsp3) is 0.786. The molecule has 0 amide bonds. The van der Waals surface area contributed by atoms with Crippen LogP contribution in [0.2, 0.25) is 5.02 Å². The lowest BCUT2D eigenvalue weighted by atomic mass is 9.72. The standard InChI is InChI=1S/C14H23ClN2O/c1-9-5-10(2)7-14(18,6-9)8-12-13(15)11(3)16-17(12)4/h9-10,18H,5-8H2,1-4H3. The molecule has 0 aliphatic heterocycles. The zero-order valence-electron chi connectivity index (χ0n) is 11.7. The summed E-state index contributed by atoms with van der Waals surface area (Å²) in [4.78, 5) is 0. The van der Waals surface area contributed by atoms with Crippen LogP contribution in [-0.2, 0) is 13.5 Å². The number of hydrogen-bond donors (Lipinski definition) is 1. The molecule has 18 heavy (non-hydrogen) atoms. The third kappa shape index (κ3) is 2.72. The topological polar surface area (TPSA) is 38.0 Å². The smallest absolute Gasteiger partial charge is 0.0848 e. The number of aromatic nitrogens is 2. The van der Waals surface area contributed by atoms with Gasteiger partial charge in [0.05, 0.1) is 22.0 Å². The molecule has 4 heteroatoms. The zero-order chi connectivity index (χ0) is 13.5. The van der Waals surface area contributed by atoms with Gasteiger partial charge in [-0.05, 0) is 38.0 Å². The summed E-state index contributed by atoms with van der Waals surface area (Å²) in [6, 6.07) is 0. The first kappa shape index (κ1) is 13.9. The molecule has 0 spiro atoms. The van der Waals surface area contributed by atoms with Crippen LogP contribution >= 0.6 is 11.6 Å². The number of rotatable bonds is 2. The molecule has 0 aromatic carbocycles. The number of aliphatic hydroxyl groups is 1. The summed E-state index contributed by atoms with van der Waals surface area (Å²) < 4.78 is 1.81. The van der Waals surface area contributed by atoms with Gasteiger partial charge >= 0.3 is 0 Å². The van der Waals surface area contributed by atoms with E-state index in [2.05, 4.69) is 18.9 Å². The molecule has 1 saturated carbocycles. The van der Waals surface area contributed by atoms with Crippen LogP contribution in [0.4, 0.5) is 0 Å². The lowest BCUT2D eigenvalue weighted by Crippen LogP contribution is -2.40. The molecule has 0 saturated heterocycles. The Hall–Kier alpha value is -0.540. The maximum absolute atomic E-state index is 10.8. The Morgan fingerprint density at radius 1 is 1.39 bits per heavy atom. The molecule has 2 atom stereocenters. The van der Waals surface area contributed by atoms with Crippen molar-refractivity contribution >= 4 is 11.6 Å². The van der Waals surface area contributed by atoms with Crippen molar-refractivity contribution in [2.24, 2.45) is 18.9 Å². The van der Waals surface area contributed by atoms with Crippen molar-refractivity contribution in [2.45, 2.75) is 52.1 Å². The second-order valence-electron chi connectivity index (χ2n) is 6.23. The molecule has 1 heterocycles. The Labute approximate surface area is 114 Å². The summed E-state index contributed by atoms with van der Waals surface area (Å²) in [5.41, 5.74) is 1.17. The Kier molecular flexibility index (Phi) is 3.75. The third-order valence-corrected chi connectivity index (χ3v) is 4.51. The minimum Gasteiger partial charge on any atom is -0.389 e. The first-order chi connectivity index (χ1) is 8.31. The Morgan fingerprint density at radius 2 is 1.94 bits per heavy atom. The zero-order valence-corrected chi connectivity index (χ0v) is 12.5. The van der Waals surface area contributed by atoms with Crippen molar-refractivity contribution in [3.8, 4) is 0 Å². The third-order valence-electron chi connectivity index (χ3n) is 4.02. The van der Waals surface area contributed by atoms with Crippen LogP contribution in [0.3, 0.4) is 0 Å². The number of aryl methyl sites for hydroxylation is 2. The normalized spacial score (nSPS) is 32.8. The van der Waals surface area contributed by atoms with Crippen molar-refractivity contribution < 1.29 is 5.11 Å². The van der Waals surface area contributed by atoms with E-state index in [0.717, 1.165) is 24.2 Å². The summed E-state index contributed by atoms with van der Waals surface area (Å²) in [7, 11) is 1.90. The first-order valence-electron chi connectivity index (χ1n) is 6.71. The van der Waals surface area contributed by atoms with Gasteiger partial charge < -0.3 is 5.11 Å². The van der Waals surface area contributed by atoms with Crippen molar-refractivity contribution in [1.82, 2.24) is 9.78 Å². The molecule has 1 N–H and O–H groups in total. The van der Waals surface area contributed by atoms with Gasteiger partial charge in [-0.1, -0.05) is 25.4 Å². The van der Waals surface area contributed by atoms with Crippen LogP contribution in [0.5, 0.6) is 0 Å². The minimum absolute atomic E-state index is 0.576. The quantitative estimate of drug-likeness (QED) is 0.897. The maximum atomic E-state index is 10.8. The second-order valence-corrected chi connectivity index (χ2v) is 6.60. The molecule has 0 bridgehead atoms. The van der Waals surface area contributed by atoms with E-state index in [-0.39, 0.29) is 0 Å². The van der Waals surface area contributed by atoms with Crippen LogP contribution in [0.25, 0.3) is 0 Å². The van der Waals surface area contributed by atoms with Gasteiger partial charge in [-0.2, -0.15) is 5.10 Å². The van der Waals surface area contributed by atoms with Crippen LogP contribution in [0.15, 0.2) is 0 Å². The average Bonchev–Trinajstić information content (AvgIpc) is 2.42. The highest BCUT2D eigenvalue weighted by molar-refractivity contribution is 6.31. The molecule has 1 aliphatic rings. The van der Waals surface area contributed by atoms with Crippen LogP contribution in [0, 0.1) is 18.8 Å². The molecule has 1 aromatic heterocycles. The van der Waals surface area contributed by atoms with E-state index < -0.39 is 5.60 Å². The molecule has 1 aliphatic carbocycles. The lowest BCUT2D eigenvalue weighted by Gasteiger charge is -2.39. The summed E-state index contributed by atoms with van der Waals surface area (Å²) >= 11 is 6.27. The SMILES string of the molecule is Cc1nn(C)c(CC2(O)CC(C)CC(C)C2)c1Cl. The van der Waals surface area contributed by atoms with Crippen molar-refractivity contribution in [3.05, 3.63) is 16.4 Å². The highest BCUT2D eigenvalue weighted by Gasteiger charge is 2.37. The largest absolute Gasteiger partial charge is 0.389 e. The molecule has 2 unspecified atom stereocenters. The van der Waals surface area contributed by atoms with Gasteiger partial charge in [-0.3, -0.25) is 4.68 Å². The van der Waals surface area contributed by atoms with Crippen LogP contribution in [-0.4, -0.2) is 20.5 Å². The van der Waals surface area contributed by atoms with E-state index in [1.54, 1.807) is 4.68 Å². The molecule has 1 aromatic rings. The van der Waals surface area contributed by atoms with Gasteiger partial charge in [0.15, 0.2) is 0 Å². The Bertz CT molecular complexity index is 431. The summed E-state index contributed by atoms with van der Waals surface area (Å²) in [5, 5.41) is 15.8. The number of hydrogen-bond acceptors (Lipinski definition) is 2. The van der Waals surface area contributed by atoms with Gasteiger partial charge in [0.1, 0.15) is 0 Å². The van der Waals surface area contributed by atoms with Gasteiger partial charge in [-0.25, -0.2) is 0 Å². The molecule has 102 valence electrons. The number of nitrogens with zero attached hydrogens (tertiary/aromatic N) is 2. The fourth-order valence-electron chi connectivity index (χ4n) is 3.56. The van der Waals surface area contributed by atoms with Crippen molar-refractivity contribution in [1.29, 1.82) is 0 Å². The molecular formula is C14H23ClN2O. The minimum atomic E-state index is -0.624. The van der Waals surface area contributed by atoms with E-state index in [4.69, 9.17) is 11.6 Å². The Morgan fingerprint density at radius 3 is 2.39 bits per heavy atom. The van der Waals surface area contributed by atoms with Gasteiger partial charge in [-0.15, -0.1) is 0 Å². The maximum Gasteiger partial charge on any atom is 0.0848 e. The predicted octanol–water partition coefficient (Wildman–Crippen LogP) is 3.11. The van der Waals surface area contributed by atoms with Crippen molar-refractivity contribution in [3.63, 3.8) is 0 Å². The monoisotopic (exact) mass is 270 g/mol. The molecule has 2 rings (SSSR count). The Balaban J connectivity index is 2.21. The number of halogens is 1. The van der Waals surface area contributed by atoms with Gasteiger partial charge in [0, 0.05) is 13.5 Å². The molecule has 1 fully saturated rings. The highest BCUT2D eigenvalue weighted by atomic mass is 35.5. The van der Waals surface area contributed by atoms with Gasteiger partial charge in [0.2, 0.25) is 0 Å². The summed E-state index contributed by atoms with van der Waals surface area (Å²) in [6.07, 6.45) is 3.54. The van der Waals surface area contributed by atoms with E-state index in [1.807, 2.05) is 14.0 Å². The average molecular weight is 271 g/mol. The molecule has 3 nitrogen and oxygen atoms in total. The predicted molar refractivity (Wildman–Crippen MR) is 73.8 cm³/mol. The van der Waals surface area contributed by atoms with E-state index in [1.165, 1.54) is 6.42 Å². The highest BCUT2D eigenvalue weighted by Crippen LogP contribution is 2.39. The van der Waals surface area contributed by atoms with Crippen LogP contribution < -0.4 is 0 Å². The lowest BCUT2D eigenvalue weighted by molar-refractivity contribution is -0.0317. The fourth-order valence-corrected chi connectivity index (χ4v) is 3.79. The van der Waals surface area contributed by atoms with Gasteiger partial charge in [0.25, 0.3) is 0 Å². The summed E-state index contributed by atoms with van der Waals surface area (Å²) in [5.74, 6) is 1.15. The van der Waals surface area contributed by atoms with E-state index in [0.29, 0.717) is 23.3 Å². The molecule has 0 radical (unpaired) electrons. The van der Waals surface area contributed by atoms with E-state index >= 15 is 0 Å². The summed E-state index contributed by atoms with van der Waals surface area (Å²) in [6.45, 7) is 6.34. The van der Waals surface area contributed by atoms with Crippen LogP contribution in [0.1, 0.15) is 44.5 Å².